The van der Waals surface area contributed by atoms with Gasteiger partial charge in [0.1, 0.15) is 23.3 Å². The summed E-state index contributed by atoms with van der Waals surface area (Å²) >= 11 is 0. The summed E-state index contributed by atoms with van der Waals surface area (Å²) in [6.45, 7) is 0. The van der Waals surface area contributed by atoms with Crippen LogP contribution in [0.25, 0.3) is 5.76 Å². The summed E-state index contributed by atoms with van der Waals surface area (Å²) in [5.74, 6) is -1.36. The minimum atomic E-state index is -1.07. The second-order valence-corrected chi connectivity index (χ2v) is 6.74. The Labute approximate surface area is 177 Å². The summed E-state index contributed by atoms with van der Waals surface area (Å²) < 4.78 is 16.0. The van der Waals surface area contributed by atoms with Crippen LogP contribution in [0.4, 0.5) is 5.69 Å². The second-order valence-electron chi connectivity index (χ2n) is 6.74. The van der Waals surface area contributed by atoms with Crippen LogP contribution in [0.15, 0.2) is 70.9 Å². The van der Waals surface area contributed by atoms with Gasteiger partial charge in [-0.2, -0.15) is 0 Å². The molecule has 0 spiro atoms. The molecule has 1 aliphatic rings. The number of aromatic hydroxyl groups is 1. The molecule has 1 aromatic heterocycles. The van der Waals surface area contributed by atoms with Crippen LogP contribution in [-0.2, 0) is 9.59 Å². The van der Waals surface area contributed by atoms with Crippen LogP contribution in [0.1, 0.15) is 17.4 Å². The Bertz CT molecular complexity index is 1180. The Hall–Kier alpha value is -4.20. The van der Waals surface area contributed by atoms with Crippen LogP contribution in [0.5, 0.6) is 17.2 Å². The molecule has 0 saturated carbocycles. The number of hydrogen-bond donors (Lipinski definition) is 2. The van der Waals surface area contributed by atoms with E-state index in [0.717, 1.165) is 4.90 Å². The molecule has 4 rings (SSSR count). The van der Waals surface area contributed by atoms with Gasteiger partial charge in [-0.05, 0) is 42.5 Å². The monoisotopic (exact) mass is 421 g/mol. The molecule has 31 heavy (non-hydrogen) atoms. The highest BCUT2D eigenvalue weighted by Crippen LogP contribution is 2.45. The molecule has 1 unspecified atom stereocenters. The quantitative estimate of drug-likeness (QED) is 0.368. The number of furan rings is 1. The van der Waals surface area contributed by atoms with Crippen molar-refractivity contribution < 1.29 is 33.7 Å². The second kappa shape index (κ2) is 7.91. The number of para-hydroxylation sites is 2. The first kappa shape index (κ1) is 20.1. The van der Waals surface area contributed by atoms with Crippen molar-refractivity contribution in [2.45, 2.75) is 6.04 Å². The Balaban J connectivity index is 1.93. The SMILES string of the molecule is COc1ccc(/C(O)=C2/C(=O)C(=O)N(c3ccccc3O)C2c2ccco2)cc1OC. The standard InChI is InChI=1S/C23H19NO7/c1-29-16-10-9-13(12-18(16)30-2)21(26)19-20(17-8-5-11-31-17)24(23(28)22(19)27)14-6-3-4-7-15(14)25/h3-12,20,25-26H,1-2H3/b21-19-. The number of rotatable bonds is 5. The molecule has 1 aliphatic heterocycles. The number of ether oxygens (including phenoxy) is 2. The maximum Gasteiger partial charge on any atom is 0.300 e. The fourth-order valence-corrected chi connectivity index (χ4v) is 3.60. The number of aliphatic hydroxyl groups excluding tert-OH is 1. The number of hydrogen-bond acceptors (Lipinski definition) is 7. The molecule has 1 atom stereocenters. The van der Waals surface area contributed by atoms with Gasteiger partial charge in [0.05, 0.1) is 31.7 Å². The summed E-state index contributed by atoms with van der Waals surface area (Å²) in [7, 11) is 2.92. The Morgan fingerprint density at radius 2 is 1.74 bits per heavy atom. The molecule has 0 bridgehead atoms. The maximum absolute atomic E-state index is 13.0. The van der Waals surface area contributed by atoms with Gasteiger partial charge >= 0.3 is 0 Å². The van der Waals surface area contributed by atoms with Crippen LogP contribution in [0, 0.1) is 0 Å². The number of phenolic OH excluding ortho intramolecular Hbond substituents is 1. The Morgan fingerprint density at radius 1 is 1.00 bits per heavy atom. The summed E-state index contributed by atoms with van der Waals surface area (Å²) in [4.78, 5) is 27.1. The average molecular weight is 421 g/mol. The predicted molar refractivity (Wildman–Crippen MR) is 111 cm³/mol. The lowest BCUT2D eigenvalue weighted by Gasteiger charge is -2.24. The van der Waals surface area contributed by atoms with Crippen molar-refractivity contribution in [3.05, 3.63) is 77.8 Å². The lowest BCUT2D eigenvalue weighted by Crippen LogP contribution is -2.29. The van der Waals surface area contributed by atoms with E-state index < -0.39 is 23.5 Å². The molecule has 0 aliphatic carbocycles. The number of ketones is 1. The number of amides is 1. The normalized spacial score (nSPS) is 17.7. The van der Waals surface area contributed by atoms with E-state index in [1.54, 1.807) is 36.4 Å². The van der Waals surface area contributed by atoms with Gasteiger partial charge in [-0.3, -0.25) is 14.5 Å². The van der Waals surface area contributed by atoms with Crippen LogP contribution >= 0.6 is 0 Å². The van der Waals surface area contributed by atoms with Crippen LogP contribution in [0.3, 0.4) is 0 Å². The summed E-state index contributed by atoms with van der Waals surface area (Å²) in [6.07, 6.45) is 1.40. The third-order valence-corrected chi connectivity index (χ3v) is 5.06. The number of phenols is 1. The Morgan fingerprint density at radius 3 is 2.39 bits per heavy atom. The van der Waals surface area contributed by atoms with E-state index in [1.165, 1.54) is 38.7 Å². The van der Waals surface area contributed by atoms with Gasteiger partial charge < -0.3 is 24.1 Å². The van der Waals surface area contributed by atoms with E-state index in [0.29, 0.717) is 11.5 Å². The van der Waals surface area contributed by atoms with Crippen molar-refractivity contribution in [1.29, 1.82) is 0 Å². The van der Waals surface area contributed by atoms with Crippen molar-refractivity contribution in [1.82, 2.24) is 0 Å². The van der Waals surface area contributed by atoms with Gasteiger partial charge in [0, 0.05) is 5.56 Å². The fourth-order valence-electron chi connectivity index (χ4n) is 3.60. The third kappa shape index (κ3) is 3.28. The highest BCUT2D eigenvalue weighted by atomic mass is 16.5. The van der Waals surface area contributed by atoms with E-state index in [9.17, 15) is 19.8 Å². The number of methoxy groups -OCH3 is 2. The molecular weight excluding hydrogens is 402 g/mol. The van der Waals surface area contributed by atoms with E-state index >= 15 is 0 Å². The number of carbonyl (C=O) groups excluding carboxylic acids is 2. The minimum absolute atomic E-state index is 0.123. The lowest BCUT2D eigenvalue weighted by molar-refractivity contribution is -0.132. The Kier molecular flexibility index (Phi) is 5.12. The van der Waals surface area contributed by atoms with Crippen LogP contribution in [0.2, 0.25) is 0 Å². The molecule has 8 heteroatoms. The molecule has 8 nitrogen and oxygen atoms in total. The molecule has 2 heterocycles. The van der Waals surface area contributed by atoms with E-state index in [2.05, 4.69) is 0 Å². The number of Topliss-reactive ketones (excluding diaryl/α,β-unsaturated/α-hetero) is 1. The lowest BCUT2D eigenvalue weighted by atomic mass is 9.99. The van der Waals surface area contributed by atoms with Gasteiger partial charge in [-0.1, -0.05) is 12.1 Å². The van der Waals surface area contributed by atoms with Crippen LogP contribution in [-0.4, -0.2) is 36.1 Å². The first-order chi connectivity index (χ1) is 15.0. The molecule has 1 saturated heterocycles. The molecule has 2 aromatic carbocycles. The number of carbonyl (C=O) groups is 2. The molecule has 2 N–H and O–H groups in total. The van der Waals surface area contributed by atoms with Crippen molar-refractivity contribution >= 4 is 23.1 Å². The highest BCUT2D eigenvalue weighted by Gasteiger charge is 2.49. The van der Waals surface area contributed by atoms with E-state index in [1.807, 2.05) is 0 Å². The number of anilines is 1. The number of nitrogens with zero attached hydrogens (tertiary/aromatic N) is 1. The fraction of sp³-hybridized carbons (Fsp3) is 0.130. The molecule has 1 amide bonds. The van der Waals surface area contributed by atoms with Crippen LogP contribution < -0.4 is 14.4 Å². The topological polar surface area (TPSA) is 109 Å². The first-order valence-electron chi connectivity index (χ1n) is 9.32. The van der Waals surface area contributed by atoms with Crippen molar-refractivity contribution in [2.75, 3.05) is 19.1 Å². The molecule has 0 radical (unpaired) electrons. The molecule has 1 fully saturated rings. The number of benzene rings is 2. The largest absolute Gasteiger partial charge is 0.507 e. The summed E-state index contributed by atoms with van der Waals surface area (Å²) in [6, 6.07) is 12.9. The minimum Gasteiger partial charge on any atom is -0.507 e. The molecule has 3 aromatic rings. The zero-order chi connectivity index (χ0) is 22.1. The van der Waals surface area contributed by atoms with Gasteiger partial charge in [0.15, 0.2) is 11.5 Å². The number of aliphatic hydroxyl groups is 1. The first-order valence-corrected chi connectivity index (χ1v) is 9.32. The van der Waals surface area contributed by atoms with Gasteiger partial charge in [0.2, 0.25) is 0 Å². The molecule has 158 valence electrons. The van der Waals surface area contributed by atoms with Crippen molar-refractivity contribution in [2.24, 2.45) is 0 Å². The van der Waals surface area contributed by atoms with Gasteiger partial charge in [-0.15, -0.1) is 0 Å². The summed E-state index contributed by atoms with van der Waals surface area (Å²) in [5.41, 5.74) is 0.206. The molecular formula is C23H19NO7. The van der Waals surface area contributed by atoms with E-state index in [-0.39, 0.29) is 28.3 Å². The van der Waals surface area contributed by atoms with Gasteiger partial charge in [0.25, 0.3) is 11.7 Å². The van der Waals surface area contributed by atoms with Crippen molar-refractivity contribution in [3.63, 3.8) is 0 Å². The van der Waals surface area contributed by atoms with E-state index in [4.69, 9.17) is 13.9 Å². The maximum atomic E-state index is 13.0. The van der Waals surface area contributed by atoms with Crippen molar-refractivity contribution in [3.8, 4) is 17.2 Å². The third-order valence-electron chi connectivity index (χ3n) is 5.06. The summed E-state index contributed by atoms with van der Waals surface area (Å²) in [5, 5.41) is 21.4. The zero-order valence-corrected chi connectivity index (χ0v) is 16.7. The highest BCUT2D eigenvalue weighted by molar-refractivity contribution is 6.51. The average Bonchev–Trinajstić information content (AvgIpc) is 3.40. The predicted octanol–water partition coefficient (Wildman–Crippen LogP) is 3.63. The zero-order valence-electron chi connectivity index (χ0n) is 16.7. The van der Waals surface area contributed by atoms with Gasteiger partial charge in [-0.25, -0.2) is 0 Å². The smallest absolute Gasteiger partial charge is 0.300 e.